The van der Waals surface area contributed by atoms with E-state index in [1.165, 1.54) is 32.6 Å². The average Bonchev–Trinajstić information content (AvgIpc) is 3.79. The van der Waals surface area contributed by atoms with E-state index in [-0.39, 0.29) is 30.8 Å². The number of hydrogen-bond donors (Lipinski definition) is 2. The number of rotatable bonds is 9. The summed E-state index contributed by atoms with van der Waals surface area (Å²) in [5.41, 5.74) is 1.33. The van der Waals surface area contributed by atoms with Crippen LogP contribution in [0.5, 0.6) is 0 Å². The SMILES string of the molecule is CCn1nccc1C(=O)NC(c1cn2nc(CC3CC(C)(F)CNC3=O)ccc2n1)C(C1CC1)C1CC1. The number of imidazole rings is 1. The van der Waals surface area contributed by atoms with Crippen molar-refractivity contribution >= 4 is 17.5 Å². The third-order valence-electron chi connectivity index (χ3n) is 8.09. The molecule has 0 radical (unpaired) electrons. The van der Waals surface area contributed by atoms with E-state index in [9.17, 15) is 14.0 Å². The molecule has 196 valence electrons. The summed E-state index contributed by atoms with van der Waals surface area (Å²) in [7, 11) is 0. The molecule has 10 heteroatoms. The Balaban J connectivity index is 1.28. The number of aromatic nitrogens is 5. The van der Waals surface area contributed by atoms with Crippen LogP contribution >= 0.6 is 0 Å². The number of carbonyl (C=O) groups excluding carboxylic acids is 2. The first-order valence-electron chi connectivity index (χ1n) is 13.5. The Bertz CT molecular complexity index is 1310. The second-order valence-electron chi connectivity index (χ2n) is 11.3. The Morgan fingerprint density at radius 1 is 1.24 bits per heavy atom. The average molecular weight is 508 g/mol. The first kappa shape index (κ1) is 24.1. The molecule has 3 aromatic rings. The number of fused-ring (bicyclic) bond motifs is 1. The first-order valence-corrected chi connectivity index (χ1v) is 13.5. The molecule has 0 aromatic carbocycles. The van der Waals surface area contributed by atoms with Gasteiger partial charge in [0, 0.05) is 25.1 Å². The third kappa shape index (κ3) is 4.98. The van der Waals surface area contributed by atoms with Crippen molar-refractivity contribution in [1.29, 1.82) is 0 Å². The molecule has 0 spiro atoms. The van der Waals surface area contributed by atoms with Gasteiger partial charge in [-0.3, -0.25) is 14.3 Å². The van der Waals surface area contributed by atoms with Crippen LogP contribution in [0.4, 0.5) is 4.39 Å². The number of alkyl halides is 1. The maximum absolute atomic E-state index is 14.5. The van der Waals surface area contributed by atoms with Gasteiger partial charge in [-0.15, -0.1) is 0 Å². The summed E-state index contributed by atoms with van der Waals surface area (Å²) < 4.78 is 18.0. The van der Waals surface area contributed by atoms with Crippen LogP contribution in [0, 0.1) is 23.7 Å². The Morgan fingerprint density at radius 3 is 2.70 bits per heavy atom. The number of nitrogens with zero attached hydrogens (tertiary/aromatic N) is 5. The summed E-state index contributed by atoms with van der Waals surface area (Å²) in [4.78, 5) is 30.6. The predicted molar refractivity (Wildman–Crippen MR) is 134 cm³/mol. The highest BCUT2D eigenvalue weighted by molar-refractivity contribution is 5.92. The van der Waals surface area contributed by atoms with E-state index in [1.807, 2.05) is 25.3 Å². The van der Waals surface area contributed by atoms with Crippen molar-refractivity contribution in [2.75, 3.05) is 6.54 Å². The molecule has 2 aliphatic carbocycles. The molecular weight excluding hydrogens is 473 g/mol. The Morgan fingerprint density at radius 2 is 2.00 bits per heavy atom. The van der Waals surface area contributed by atoms with Crippen LogP contribution in [0.3, 0.4) is 0 Å². The summed E-state index contributed by atoms with van der Waals surface area (Å²) in [5, 5.41) is 15.0. The van der Waals surface area contributed by atoms with Crippen LogP contribution in [-0.4, -0.2) is 48.4 Å². The molecule has 9 nitrogen and oxygen atoms in total. The quantitative estimate of drug-likeness (QED) is 0.463. The molecule has 1 aliphatic heterocycles. The van der Waals surface area contributed by atoms with Crippen molar-refractivity contribution in [3.05, 3.63) is 47.7 Å². The molecule has 2 saturated carbocycles. The summed E-state index contributed by atoms with van der Waals surface area (Å²) >= 11 is 0. The van der Waals surface area contributed by atoms with Crippen molar-refractivity contribution in [1.82, 2.24) is 35.0 Å². The highest BCUT2D eigenvalue weighted by atomic mass is 19.1. The molecule has 2 amide bonds. The fourth-order valence-corrected chi connectivity index (χ4v) is 5.96. The van der Waals surface area contributed by atoms with Crippen molar-refractivity contribution in [3.8, 4) is 0 Å². The van der Waals surface area contributed by atoms with Crippen molar-refractivity contribution < 1.29 is 14.0 Å². The molecule has 3 atom stereocenters. The van der Waals surface area contributed by atoms with Gasteiger partial charge in [-0.05, 0) is 81.9 Å². The summed E-state index contributed by atoms with van der Waals surface area (Å²) in [6, 6.07) is 5.28. The maximum Gasteiger partial charge on any atom is 0.270 e. The number of halogens is 1. The molecule has 3 fully saturated rings. The second kappa shape index (κ2) is 9.22. The minimum absolute atomic E-state index is 0.0506. The van der Waals surface area contributed by atoms with Gasteiger partial charge in [0.05, 0.1) is 30.2 Å². The fourth-order valence-electron chi connectivity index (χ4n) is 5.96. The fraction of sp³-hybridized carbons (Fsp3) is 0.593. The molecular formula is C27H34FN7O2. The van der Waals surface area contributed by atoms with Crippen LogP contribution < -0.4 is 10.6 Å². The van der Waals surface area contributed by atoms with E-state index in [0.717, 1.165) is 5.69 Å². The summed E-state index contributed by atoms with van der Waals surface area (Å²) in [6.45, 7) is 4.16. The van der Waals surface area contributed by atoms with Gasteiger partial charge < -0.3 is 10.6 Å². The van der Waals surface area contributed by atoms with E-state index < -0.39 is 11.6 Å². The topological polar surface area (TPSA) is 106 Å². The first-order chi connectivity index (χ1) is 17.8. The van der Waals surface area contributed by atoms with Gasteiger partial charge >= 0.3 is 0 Å². The molecule has 3 aromatic heterocycles. The van der Waals surface area contributed by atoms with Gasteiger partial charge in [0.2, 0.25) is 5.91 Å². The number of piperidine rings is 1. The minimum atomic E-state index is -1.41. The van der Waals surface area contributed by atoms with Crippen LogP contribution in [0.2, 0.25) is 0 Å². The van der Waals surface area contributed by atoms with Gasteiger partial charge in [-0.1, -0.05) is 0 Å². The summed E-state index contributed by atoms with van der Waals surface area (Å²) in [6.07, 6.45) is 8.85. The van der Waals surface area contributed by atoms with E-state index in [0.29, 0.717) is 47.8 Å². The van der Waals surface area contributed by atoms with Gasteiger partial charge in [-0.25, -0.2) is 13.9 Å². The number of amides is 2. The van der Waals surface area contributed by atoms with Crippen molar-refractivity contribution in [2.45, 2.75) is 70.6 Å². The molecule has 2 N–H and O–H groups in total. The third-order valence-corrected chi connectivity index (χ3v) is 8.09. The lowest BCUT2D eigenvalue weighted by atomic mass is 9.86. The molecule has 0 bridgehead atoms. The highest BCUT2D eigenvalue weighted by Crippen LogP contribution is 2.54. The number of aryl methyl sites for hydroxylation is 1. The lowest BCUT2D eigenvalue weighted by Crippen LogP contribution is -2.49. The Kier molecular flexibility index (Phi) is 6.00. The molecule has 1 saturated heterocycles. The molecule has 4 heterocycles. The lowest BCUT2D eigenvalue weighted by Gasteiger charge is -2.31. The monoisotopic (exact) mass is 507 g/mol. The van der Waals surface area contributed by atoms with E-state index in [2.05, 4.69) is 15.7 Å². The maximum atomic E-state index is 14.5. The van der Waals surface area contributed by atoms with Crippen LogP contribution in [-0.2, 0) is 17.8 Å². The summed E-state index contributed by atoms with van der Waals surface area (Å²) in [5.74, 6) is 0.818. The smallest absolute Gasteiger partial charge is 0.270 e. The van der Waals surface area contributed by atoms with Crippen LogP contribution in [0.1, 0.15) is 73.9 Å². The van der Waals surface area contributed by atoms with Gasteiger partial charge in [0.15, 0.2) is 5.65 Å². The zero-order valence-corrected chi connectivity index (χ0v) is 21.4. The lowest BCUT2D eigenvalue weighted by molar-refractivity contribution is -0.129. The van der Waals surface area contributed by atoms with E-state index in [1.54, 1.807) is 21.5 Å². The second-order valence-corrected chi connectivity index (χ2v) is 11.3. The number of hydrogen-bond acceptors (Lipinski definition) is 5. The molecule has 3 unspecified atom stereocenters. The van der Waals surface area contributed by atoms with Crippen molar-refractivity contribution in [3.63, 3.8) is 0 Å². The number of carbonyl (C=O) groups is 2. The van der Waals surface area contributed by atoms with E-state index in [4.69, 9.17) is 10.1 Å². The van der Waals surface area contributed by atoms with Gasteiger partial charge in [0.1, 0.15) is 11.4 Å². The molecule has 6 rings (SSSR count). The normalized spacial score (nSPS) is 24.9. The van der Waals surface area contributed by atoms with Gasteiger partial charge in [0.25, 0.3) is 5.91 Å². The zero-order chi connectivity index (χ0) is 25.7. The predicted octanol–water partition coefficient (Wildman–Crippen LogP) is 3.26. The Labute approximate surface area is 215 Å². The van der Waals surface area contributed by atoms with Crippen molar-refractivity contribution in [2.24, 2.45) is 23.7 Å². The minimum Gasteiger partial charge on any atom is -0.353 e. The molecule has 37 heavy (non-hydrogen) atoms. The standard InChI is InChI=1S/C27H34FN7O2/c1-3-34-21(10-11-30-34)26(37)32-24(23(16-4-5-16)17-6-7-17)20-14-35-22(31-20)9-8-19(33-35)12-18-13-27(2,28)15-29-25(18)36/h8-11,14,16-18,23-24H,3-7,12-13,15H2,1-2H3,(H,29,36)(H,32,37). The molecule has 3 aliphatic rings. The Hall–Kier alpha value is -3.30. The van der Waals surface area contributed by atoms with E-state index >= 15 is 0 Å². The van der Waals surface area contributed by atoms with Crippen LogP contribution in [0.25, 0.3) is 5.65 Å². The number of nitrogens with one attached hydrogen (secondary N) is 2. The highest BCUT2D eigenvalue weighted by Gasteiger charge is 2.47. The zero-order valence-electron chi connectivity index (χ0n) is 21.4. The largest absolute Gasteiger partial charge is 0.353 e. The van der Waals surface area contributed by atoms with Gasteiger partial charge in [-0.2, -0.15) is 10.2 Å². The van der Waals surface area contributed by atoms with Crippen LogP contribution in [0.15, 0.2) is 30.6 Å².